The van der Waals surface area contributed by atoms with Crippen LogP contribution in [0.3, 0.4) is 0 Å². The third-order valence-corrected chi connectivity index (χ3v) is 6.93. The molecule has 8 nitrogen and oxygen atoms in total. The Hall–Kier alpha value is -3.33. The molecular weight excluding hydrogens is 433 g/mol. The van der Waals surface area contributed by atoms with E-state index in [1.54, 1.807) is 10.6 Å². The van der Waals surface area contributed by atoms with Crippen LogP contribution in [0.1, 0.15) is 50.6 Å². The van der Waals surface area contributed by atoms with Crippen molar-refractivity contribution in [3.05, 3.63) is 41.8 Å². The van der Waals surface area contributed by atoms with E-state index >= 15 is 0 Å². The van der Waals surface area contributed by atoms with Crippen LogP contribution in [0.25, 0.3) is 28.1 Å². The van der Waals surface area contributed by atoms with E-state index in [0.717, 1.165) is 51.0 Å². The molecule has 2 fully saturated rings. The van der Waals surface area contributed by atoms with Crippen molar-refractivity contribution in [2.24, 2.45) is 0 Å². The van der Waals surface area contributed by atoms with Gasteiger partial charge in [0.05, 0.1) is 16.7 Å². The van der Waals surface area contributed by atoms with Crippen LogP contribution >= 0.6 is 0 Å². The molecular formula is C25H28FN7O. The molecule has 34 heavy (non-hydrogen) atoms. The van der Waals surface area contributed by atoms with Gasteiger partial charge in [0.25, 0.3) is 0 Å². The van der Waals surface area contributed by atoms with Gasteiger partial charge in [-0.25, -0.2) is 19.3 Å². The molecule has 4 heterocycles. The van der Waals surface area contributed by atoms with Crippen molar-refractivity contribution in [2.75, 3.05) is 23.3 Å². The van der Waals surface area contributed by atoms with Gasteiger partial charge in [-0.15, -0.1) is 0 Å². The number of nitrogens with one attached hydrogen (secondary N) is 1. The Labute approximate surface area is 196 Å². The summed E-state index contributed by atoms with van der Waals surface area (Å²) >= 11 is 0. The molecule has 1 saturated heterocycles. The summed E-state index contributed by atoms with van der Waals surface area (Å²) in [4.78, 5) is 16.4. The summed E-state index contributed by atoms with van der Waals surface area (Å²) in [6, 6.07) is 8.28. The zero-order chi connectivity index (χ0) is 23.3. The standard InChI is InChI=1S/C25H28FN7O/c1-16-24(28-19-13-17(26)7-8-18(19)27-16)20-14-22-29-21(32-11-5-6-12-32)15-23(33(22)31-20)30-25(34)9-3-2-4-10-25/h7-8,13-15,30,34H,2-6,9-12H2,1H3. The van der Waals surface area contributed by atoms with Crippen LogP contribution in [-0.2, 0) is 0 Å². The first-order chi connectivity index (χ1) is 16.5. The Morgan fingerprint density at radius 2 is 1.74 bits per heavy atom. The Morgan fingerprint density at radius 1 is 0.941 bits per heavy atom. The smallest absolute Gasteiger partial charge is 0.160 e. The van der Waals surface area contributed by atoms with Crippen molar-refractivity contribution in [2.45, 2.75) is 57.6 Å². The average molecular weight is 462 g/mol. The van der Waals surface area contributed by atoms with Crippen molar-refractivity contribution in [1.29, 1.82) is 0 Å². The molecule has 3 aromatic heterocycles. The number of anilines is 2. The summed E-state index contributed by atoms with van der Waals surface area (Å²) in [7, 11) is 0. The first-order valence-corrected chi connectivity index (χ1v) is 12.1. The van der Waals surface area contributed by atoms with Crippen LogP contribution in [0.5, 0.6) is 0 Å². The zero-order valence-electron chi connectivity index (χ0n) is 19.3. The number of aromatic nitrogens is 5. The minimum atomic E-state index is -0.961. The maximum atomic E-state index is 13.8. The van der Waals surface area contributed by atoms with Crippen molar-refractivity contribution in [3.63, 3.8) is 0 Å². The minimum absolute atomic E-state index is 0.351. The largest absolute Gasteiger partial charge is 0.371 e. The van der Waals surface area contributed by atoms with E-state index in [9.17, 15) is 9.50 Å². The molecule has 4 aromatic rings. The number of hydrogen-bond donors (Lipinski definition) is 2. The Morgan fingerprint density at radius 3 is 2.53 bits per heavy atom. The molecule has 0 spiro atoms. The normalized spacial score (nSPS) is 18.1. The molecule has 9 heteroatoms. The average Bonchev–Trinajstić information content (AvgIpc) is 3.49. The Balaban J connectivity index is 1.48. The summed E-state index contributed by atoms with van der Waals surface area (Å²) < 4.78 is 15.5. The minimum Gasteiger partial charge on any atom is -0.371 e. The quantitative estimate of drug-likeness (QED) is 0.434. The molecule has 1 aromatic carbocycles. The highest BCUT2D eigenvalue weighted by atomic mass is 19.1. The summed E-state index contributed by atoms with van der Waals surface area (Å²) in [6.07, 6.45) is 6.81. The Kier molecular flexibility index (Phi) is 5.09. The maximum absolute atomic E-state index is 13.8. The number of nitrogens with zero attached hydrogens (tertiary/aromatic N) is 6. The zero-order valence-corrected chi connectivity index (χ0v) is 19.3. The number of rotatable bonds is 4. The number of aliphatic hydroxyl groups is 1. The first kappa shape index (κ1) is 21.2. The maximum Gasteiger partial charge on any atom is 0.160 e. The molecule has 0 unspecified atom stereocenters. The van der Waals surface area contributed by atoms with Gasteiger partial charge in [-0.3, -0.25) is 0 Å². The number of aryl methyl sites for hydroxylation is 1. The lowest BCUT2D eigenvalue weighted by Gasteiger charge is -2.34. The molecule has 176 valence electrons. The number of hydrogen-bond acceptors (Lipinski definition) is 7. The molecule has 0 amide bonds. The van der Waals surface area contributed by atoms with Crippen LogP contribution in [0.15, 0.2) is 30.3 Å². The Bertz CT molecular complexity index is 1370. The van der Waals surface area contributed by atoms with Crippen LogP contribution in [0.4, 0.5) is 16.0 Å². The van der Waals surface area contributed by atoms with Gasteiger partial charge in [-0.1, -0.05) is 6.42 Å². The molecule has 1 aliphatic heterocycles. The number of benzene rings is 1. The summed E-state index contributed by atoms with van der Waals surface area (Å²) in [5, 5.41) is 19.4. The lowest BCUT2D eigenvalue weighted by molar-refractivity contribution is 0.0311. The van der Waals surface area contributed by atoms with E-state index < -0.39 is 5.72 Å². The van der Waals surface area contributed by atoms with Crippen LogP contribution in [0, 0.1) is 12.7 Å². The second-order valence-corrected chi connectivity index (χ2v) is 9.50. The molecule has 0 radical (unpaired) electrons. The molecule has 6 rings (SSSR count). The van der Waals surface area contributed by atoms with Crippen molar-refractivity contribution in [1.82, 2.24) is 24.6 Å². The highest BCUT2D eigenvalue weighted by Gasteiger charge is 2.30. The van der Waals surface area contributed by atoms with Gasteiger partial charge in [0.1, 0.15) is 34.6 Å². The van der Waals surface area contributed by atoms with Crippen molar-refractivity contribution in [3.8, 4) is 11.4 Å². The molecule has 1 aliphatic carbocycles. The van der Waals surface area contributed by atoms with Crippen molar-refractivity contribution >= 4 is 28.3 Å². The van der Waals surface area contributed by atoms with Gasteiger partial charge in [-0.2, -0.15) is 9.61 Å². The van der Waals surface area contributed by atoms with Gasteiger partial charge in [0.2, 0.25) is 0 Å². The van der Waals surface area contributed by atoms with Gasteiger partial charge in [0.15, 0.2) is 5.65 Å². The predicted octanol–water partition coefficient (Wildman–Crippen LogP) is 4.45. The fourth-order valence-electron chi connectivity index (χ4n) is 5.13. The van der Waals surface area contributed by atoms with Gasteiger partial charge >= 0.3 is 0 Å². The topological polar surface area (TPSA) is 91.5 Å². The van der Waals surface area contributed by atoms with E-state index in [1.807, 2.05) is 19.1 Å². The highest BCUT2D eigenvalue weighted by Crippen LogP contribution is 2.32. The van der Waals surface area contributed by atoms with E-state index in [-0.39, 0.29) is 5.82 Å². The van der Waals surface area contributed by atoms with E-state index in [2.05, 4.69) is 20.2 Å². The lowest BCUT2D eigenvalue weighted by Crippen LogP contribution is -2.40. The SMILES string of the molecule is Cc1nc2ccc(F)cc2nc1-c1cc2nc(N3CCCC3)cc(NC3(O)CCCCC3)n2n1. The first-order valence-electron chi connectivity index (χ1n) is 12.1. The summed E-state index contributed by atoms with van der Waals surface area (Å²) in [5.41, 5.74) is 2.75. The van der Waals surface area contributed by atoms with E-state index in [4.69, 9.17) is 10.1 Å². The molecule has 2 aliphatic rings. The molecule has 0 atom stereocenters. The summed E-state index contributed by atoms with van der Waals surface area (Å²) in [6.45, 7) is 3.81. The van der Waals surface area contributed by atoms with Gasteiger partial charge in [0, 0.05) is 31.3 Å². The molecule has 2 N–H and O–H groups in total. The fraction of sp³-hybridized carbons (Fsp3) is 0.440. The second kappa shape index (κ2) is 8.16. The van der Waals surface area contributed by atoms with Crippen LogP contribution < -0.4 is 10.2 Å². The lowest BCUT2D eigenvalue weighted by atomic mass is 9.92. The number of halogens is 1. The number of fused-ring (bicyclic) bond motifs is 2. The van der Waals surface area contributed by atoms with E-state index in [0.29, 0.717) is 52.4 Å². The highest BCUT2D eigenvalue weighted by molar-refractivity contribution is 5.78. The third-order valence-electron chi connectivity index (χ3n) is 6.93. The van der Waals surface area contributed by atoms with Crippen LogP contribution in [0.2, 0.25) is 0 Å². The van der Waals surface area contributed by atoms with Crippen molar-refractivity contribution < 1.29 is 9.50 Å². The van der Waals surface area contributed by atoms with Crippen LogP contribution in [-0.4, -0.2) is 48.5 Å². The van der Waals surface area contributed by atoms with Gasteiger partial charge < -0.3 is 15.3 Å². The second-order valence-electron chi connectivity index (χ2n) is 9.50. The molecule has 1 saturated carbocycles. The summed E-state index contributed by atoms with van der Waals surface area (Å²) in [5.74, 6) is 1.23. The third kappa shape index (κ3) is 3.83. The van der Waals surface area contributed by atoms with Gasteiger partial charge in [-0.05, 0) is 57.6 Å². The molecule has 0 bridgehead atoms. The van der Waals surface area contributed by atoms with E-state index in [1.165, 1.54) is 12.1 Å². The monoisotopic (exact) mass is 461 g/mol. The predicted molar refractivity (Wildman–Crippen MR) is 129 cm³/mol. The fourth-order valence-corrected chi connectivity index (χ4v) is 5.13.